The lowest BCUT2D eigenvalue weighted by atomic mass is 9.71. The van der Waals surface area contributed by atoms with Gasteiger partial charge in [0.2, 0.25) is 0 Å². The Kier molecular flexibility index (Phi) is 5.36. The average molecular weight is 473 g/mol. The van der Waals surface area contributed by atoms with Gasteiger partial charge in [0.15, 0.2) is 0 Å². The van der Waals surface area contributed by atoms with E-state index in [1.165, 1.54) is 22.3 Å². The number of amides is 1. The maximum atomic E-state index is 13.4. The lowest BCUT2D eigenvalue weighted by molar-refractivity contribution is -0.0357. The van der Waals surface area contributed by atoms with E-state index in [1.807, 2.05) is 17.0 Å². The average Bonchev–Trinajstić information content (AvgIpc) is 3.26. The molecule has 2 aromatic rings. The number of nitrogens with zero attached hydrogens (tertiary/aromatic N) is 1. The highest BCUT2D eigenvalue weighted by atomic mass is 16.7. The van der Waals surface area contributed by atoms with Crippen molar-refractivity contribution in [3.8, 4) is 11.1 Å². The van der Waals surface area contributed by atoms with Crippen LogP contribution in [-0.4, -0.2) is 61.2 Å². The predicted molar refractivity (Wildman–Crippen MR) is 134 cm³/mol. The van der Waals surface area contributed by atoms with Crippen molar-refractivity contribution in [2.45, 2.75) is 63.3 Å². The molecule has 3 heterocycles. The van der Waals surface area contributed by atoms with E-state index in [2.05, 4.69) is 70.2 Å². The fourth-order valence-electron chi connectivity index (χ4n) is 5.75. The van der Waals surface area contributed by atoms with Gasteiger partial charge in [-0.2, -0.15) is 0 Å². The molecule has 0 N–H and O–H groups in total. The number of fused-ring (bicyclic) bond motifs is 5. The summed E-state index contributed by atoms with van der Waals surface area (Å²) in [5.74, 6) is 0.0445. The number of ether oxygens (including phenoxy) is 2. The Morgan fingerprint density at radius 2 is 1.57 bits per heavy atom. The van der Waals surface area contributed by atoms with Gasteiger partial charge in [0.1, 0.15) is 6.61 Å². The third kappa shape index (κ3) is 3.72. The first-order valence-electron chi connectivity index (χ1n) is 12.5. The second-order valence-corrected chi connectivity index (χ2v) is 11.0. The lowest BCUT2D eigenvalue weighted by Crippen LogP contribution is -2.57. The maximum Gasteiger partial charge on any atom is 0.490 e. The van der Waals surface area contributed by atoms with Crippen LogP contribution in [0.25, 0.3) is 11.1 Å². The minimum Gasteiger partial charge on any atom is -0.448 e. The van der Waals surface area contributed by atoms with Crippen LogP contribution in [0.3, 0.4) is 0 Å². The molecule has 3 aliphatic heterocycles. The summed E-state index contributed by atoms with van der Waals surface area (Å²) in [6.45, 7) is 9.48. The molecule has 0 spiro atoms. The van der Waals surface area contributed by atoms with Gasteiger partial charge >= 0.3 is 13.2 Å². The molecule has 182 valence electrons. The third-order valence-electron chi connectivity index (χ3n) is 8.33. The molecule has 2 aromatic carbocycles. The second kappa shape index (κ2) is 8.22. The fraction of sp³-hybridized carbons (Fsp3) is 0.464. The highest BCUT2D eigenvalue weighted by Gasteiger charge is 2.54. The van der Waals surface area contributed by atoms with Crippen LogP contribution in [0.1, 0.15) is 51.2 Å². The number of carbonyl (C=O) groups is 1. The zero-order valence-electron chi connectivity index (χ0n) is 20.8. The highest BCUT2D eigenvalue weighted by Crippen LogP contribution is 2.45. The van der Waals surface area contributed by atoms with Crippen molar-refractivity contribution in [3.63, 3.8) is 0 Å². The molecule has 0 saturated carbocycles. The molecular formula is C28H32BNO5. The van der Waals surface area contributed by atoms with Gasteiger partial charge < -0.3 is 18.8 Å². The fourth-order valence-corrected chi connectivity index (χ4v) is 5.75. The molecule has 0 radical (unpaired) electrons. The molecule has 7 heteroatoms. The van der Waals surface area contributed by atoms with Crippen molar-refractivity contribution in [1.82, 2.24) is 4.90 Å². The summed E-state index contributed by atoms with van der Waals surface area (Å²) >= 11 is 0. The molecule has 6 nitrogen and oxygen atoms in total. The van der Waals surface area contributed by atoms with Gasteiger partial charge in [-0.3, -0.25) is 4.90 Å². The van der Waals surface area contributed by atoms with E-state index in [4.69, 9.17) is 18.8 Å². The van der Waals surface area contributed by atoms with E-state index < -0.39 is 18.3 Å². The Bertz CT molecular complexity index is 1130. The summed E-state index contributed by atoms with van der Waals surface area (Å²) in [4.78, 5) is 15.2. The van der Waals surface area contributed by atoms with Crippen molar-refractivity contribution in [1.29, 1.82) is 0 Å². The number of benzene rings is 2. The Balaban J connectivity index is 1.19. The molecule has 0 aromatic heterocycles. The molecule has 1 amide bonds. The van der Waals surface area contributed by atoms with E-state index >= 15 is 0 Å². The summed E-state index contributed by atoms with van der Waals surface area (Å²) in [5, 5.41) is 0. The SMILES string of the molecule is CC1(C)OB(C2=CC3COCC(C2)N3C(=O)OCC2c3ccccc3-c3ccccc32)OC1(C)C. The zero-order valence-corrected chi connectivity index (χ0v) is 20.8. The molecule has 4 aliphatic rings. The Morgan fingerprint density at radius 1 is 0.971 bits per heavy atom. The zero-order chi connectivity index (χ0) is 24.4. The van der Waals surface area contributed by atoms with Gasteiger partial charge in [-0.05, 0) is 61.8 Å². The number of hydrogen-bond acceptors (Lipinski definition) is 5. The molecule has 2 bridgehead atoms. The number of carbonyl (C=O) groups excluding carboxylic acids is 1. The molecular weight excluding hydrogens is 441 g/mol. The van der Waals surface area contributed by atoms with E-state index in [-0.39, 0.29) is 24.1 Å². The van der Waals surface area contributed by atoms with E-state index in [0.717, 1.165) is 5.47 Å². The van der Waals surface area contributed by atoms with E-state index in [9.17, 15) is 4.79 Å². The van der Waals surface area contributed by atoms with Crippen molar-refractivity contribution in [2.24, 2.45) is 0 Å². The van der Waals surface area contributed by atoms with Crippen LogP contribution in [-0.2, 0) is 18.8 Å². The van der Waals surface area contributed by atoms with Crippen LogP contribution in [0, 0.1) is 0 Å². The predicted octanol–water partition coefficient (Wildman–Crippen LogP) is 4.97. The van der Waals surface area contributed by atoms with Crippen LogP contribution in [0.4, 0.5) is 4.79 Å². The smallest absolute Gasteiger partial charge is 0.448 e. The standard InChI is InChI=1S/C28H32BNO5/c1-27(2)28(3,4)35-29(34-27)18-13-19-15-32-16-20(14-18)30(19)26(31)33-17-25-23-11-7-5-9-21(23)22-10-6-8-12-24(22)25/h5-13,19-20,25H,14-17H2,1-4H3. The molecule has 1 aliphatic carbocycles. The van der Waals surface area contributed by atoms with Gasteiger partial charge in [-0.15, -0.1) is 0 Å². The third-order valence-corrected chi connectivity index (χ3v) is 8.33. The lowest BCUT2D eigenvalue weighted by Gasteiger charge is -2.44. The second-order valence-electron chi connectivity index (χ2n) is 11.0. The number of rotatable bonds is 3. The Morgan fingerprint density at radius 3 is 2.17 bits per heavy atom. The topological polar surface area (TPSA) is 57.2 Å². The molecule has 35 heavy (non-hydrogen) atoms. The first-order valence-corrected chi connectivity index (χ1v) is 12.5. The molecule has 2 unspecified atom stereocenters. The van der Waals surface area contributed by atoms with Crippen molar-refractivity contribution in [2.75, 3.05) is 19.8 Å². The van der Waals surface area contributed by atoms with Gasteiger partial charge in [0.25, 0.3) is 0 Å². The van der Waals surface area contributed by atoms with Gasteiger partial charge in [-0.1, -0.05) is 54.6 Å². The van der Waals surface area contributed by atoms with Gasteiger partial charge in [0.05, 0.1) is 36.5 Å². The first-order chi connectivity index (χ1) is 16.7. The van der Waals surface area contributed by atoms with Crippen LogP contribution in [0.2, 0.25) is 0 Å². The first kappa shape index (κ1) is 22.8. The van der Waals surface area contributed by atoms with Gasteiger partial charge in [0, 0.05) is 5.92 Å². The summed E-state index contributed by atoms with van der Waals surface area (Å²) < 4.78 is 24.3. The number of morpholine rings is 1. The van der Waals surface area contributed by atoms with Gasteiger partial charge in [-0.25, -0.2) is 4.79 Å². The van der Waals surface area contributed by atoms with E-state index in [0.29, 0.717) is 26.2 Å². The van der Waals surface area contributed by atoms with E-state index in [1.54, 1.807) is 0 Å². The van der Waals surface area contributed by atoms with Crippen molar-refractivity contribution in [3.05, 3.63) is 71.2 Å². The monoisotopic (exact) mass is 473 g/mol. The minimum atomic E-state index is -0.396. The van der Waals surface area contributed by atoms with Crippen LogP contribution >= 0.6 is 0 Å². The number of hydrogen-bond donors (Lipinski definition) is 0. The minimum absolute atomic E-state index is 0.0445. The van der Waals surface area contributed by atoms with Crippen LogP contribution in [0.15, 0.2) is 60.1 Å². The summed E-state index contributed by atoms with van der Waals surface area (Å²) in [5.41, 5.74) is 5.18. The van der Waals surface area contributed by atoms with Crippen LogP contribution < -0.4 is 0 Å². The Labute approximate surface area is 207 Å². The normalized spacial score (nSPS) is 26.2. The largest absolute Gasteiger partial charge is 0.490 e. The Hall–Kier alpha value is -2.61. The molecule has 2 fully saturated rings. The molecule has 2 atom stereocenters. The highest BCUT2D eigenvalue weighted by molar-refractivity contribution is 6.54. The van der Waals surface area contributed by atoms with Crippen molar-refractivity contribution < 1.29 is 23.6 Å². The summed E-state index contributed by atoms with van der Waals surface area (Å²) in [7, 11) is -0.396. The maximum absolute atomic E-state index is 13.4. The quantitative estimate of drug-likeness (QED) is 0.590. The van der Waals surface area contributed by atoms with Crippen LogP contribution in [0.5, 0.6) is 0 Å². The molecule has 2 saturated heterocycles. The summed E-state index contributed by atoms with van der Waals surface area (Å²) in [6, 6.07) is 16.5. The summed E-state index contributed by atoms with van der Waals surface area (Å²) in [6.07, 6.45) is 2.45. The molecule has 6 rings (SSSR count). The van der Waals surface area contributed by atoms with Crippen molar-refractivity contribution >= 4 is 13.2 Å².